The number of halogens is 2. The number of nitrogens with zero attached hydrogens (tertiary/aromatic N) is 2. The van der Waals surface area contributed by atoms with Crippen LogP contribution < -0.4 is 9.47 Å². The lowest BCUT2D eigenvalue weighted by Crippen LogP contribution is -2.48. The Morgan fingerprint density at radius 1 is 0.785 bits per heavy atom. The SMILES string of the molecule is CC.CC1(C)CCC(COc2cc(F)c(C(=O)N3CCCC3)cc2C2CC2)CC1.CCC.CN(CC(=O)O)C(=O)c1cc(C2CC2)c(OCC23CC4CC(CC(C4)C2)C3)cc1F.O=CO. The van der Waals surface area contributed by atoms with Gasteiger partial charge in [-0.1, -0.05) is 48.0 Å². The van der Waals surface area contributed by atoms with Crippen molar-refractivity contribution in [3.63, 3.8) is 0 Å². The zero-order valence-corrected chi connectivity index (χ0v) is 40.4. The maximum Gasteiger partial charge on any atom is 0.323 e. The number of likely N-dealkylation sites (N-methyl/N-ethyl adjacent to an activating group) is 1. The second-order valence-corrected chi connectivity index (χ2v) is 20.8. The summed E-state index contributed by atoms with van der Waals surface area (Å²) in [5.74, 6) is 2.07. The van der Waals surface area contributed by atoms with E-state index >= 15 is 0 Å². The van der Waals surface area contributed by atoms with Gasteiger partial charge in [-0.05, 0) is 167 Å². The van der Waals surface area contributed by atoms with Crippen molar-refractivity contribution in [3.05, 3.63) is 58.2 Å². The normalized spacial score (nSPS) is 24.6. The van der Waals surface area contributed by atoms with Crippen molar-refractivity contribution in [1.82, 2.24) is 9.80 Å². The number of rotatable bonds is 12. The fraction of sp³-hybridized carbons (Fsp3) is 0.698. The highest BCUT2D eigenvalue weighted by Gasteiger charge is 2.51. The van der Waals surface area contributed by atoms with Crippen LogP contribution in [0.25, 0.3) is 0 Å². The number of aliphatic carboxylic acids is 1. The summed E-state index contributed by atoms with van der Waals surface area (Å²) in [7, 11) is 1.38. The quantitative estimate of drug-likeness (QED) is 0.201. The average molecular weight is 909 g/mol. The van der Waals surface area contributed by atoms with Gasteiger partial charge in [0.2, 0.25) is 0 Å². The van der Waals surface area contributed by atoms with Crippen LogP contribution in [-0.4, -0.2) is 84.2 Å². The van der Waals surface area contributed by atoms with Crippen molar-refractivity contribution in [2.24, 2.45) is 34.5 Å². The Balaban J connectivity index is 0.000000212. The molecule has 1 heterocycles. The van der Waals surface area contributed by atoms with Gasteiger partial charge in [-0.2, -0.15) is 0 Å². The molecule has 362 valence electrons. The number of likely N-dealkylation sites (tertiary alicyclic amines) is 1. The van der Waals surface area contributed by atoms with Crippen LogP contribution in [0.15, 0.2) is 24.3 Å². The zero-order valence-electron chi connectivity index (χ0n) is 40.4. The van der Waals surface area contributed by atoms with Gasteiger partial charge in [0.25, 0.3) is 18.3 Å². The van der Waals surface area contributed by atoms with E-state index < -0.39 is 30.1 Å². The van der Waals surface area contributed by atoms with E-state index in [2.05, 4.69) is 27.7 Å². The van der Waals surface area contributed by atoms with Crippen LogP contribution in [0.5, 0.6) is 11.5 Å². The molecule has 4 bridgehead atoms. The summed E-state index contributed by atoms with van der Waals surface area (Å²) >= 11 is 0. The van der Waals surface area contributed by atoms with Crippen LogP contribution in [-0.2, 0) is 9.59 Å². The first kappa shape index (κ1) is 51.8. The molecule has 7 aliphatic carbocycles. The number of amides is 2. The third kappa shape index (κ3) is 14.1. The van der Waals surface area contributed by atoms with Crippen molar-refractivity contribution in [2.45, 2.75) is 163 Å². The molecule has 0 aromatic heterocycles. The first-order valence-corrected chi connectivity index (χ1v) is 24.8. The van der Waals surface area contributed by atoms with Gasteiger partial charge in [0.15, 0.2) is 0 Å². The van der Waals surface area contributed by atoms with Gasteiger partial charge in [-0.3, -0.25) is 19.2 Å². The minimum Gasteiger partial charge on any atom is -0.493 e. The molecule has 0 radical (unpaired) electrons. The van der Waals surface area contributed by atoms with Gasteiger partial charge in [0.1, 0.15) is 29.7 Å². The number of carboxylic acid groups (broad SMARTS) is 2. The standard InChI is InChI=1S/C24H30FNO4.C23H32FNO2.C3H8.C2H6.CH2O2/c1-26(12-22(27)28)23(29)19-7-18(17-2-3-17)21(8-20(19)25)30-13-24-9-14-4-15(10-24)6-16(5-14)11-24;1-23(2)9-7-16(8-10-23)15-27-21-14-20(24)19(13-18(21)17-5-6-17)22(26)25-11-3-4-12-25;1-3-2;1-2;2-1-3/h7-8,14-17H,2-6,9-13H2,1H3,(H,27,28);13-14,16-17H,3-12,15H2,1-2H3;3H2,1-2H3;1-2H3;1H,(H,2,3). The zero-order chi connectivity index (χ0) is 47.5. The number of benzene rings is 2. The number of carbonyl (C=O) groups excluding carboxylic acids is 2. The molecular weight excluding hydrogens is 831 g/mol. The predicted octanol–water partition coefficient (Wildman–Crippen LogP) is 12.1. The molecule has 1 saturated heterocycles. The first-order chi connectivity index (χ1) is 31.1. The Labute approximate surface area is 387 Å². The maximum atomic E-state index is 14.9. The average Bonchev–Trinajstić information content (AvgIpc) is 4.21. The summed E-state index contributed by atoms with van der Waals surface area (Å²) in [5, 5.41) is 15.8. The Morgan fingerprint density at radius 2 is 1.23 bits per heavy atom. The van der Waals surface area contributed by atoms with E-state index in [0.717, 1.165) is 85.4 Å². The highest BCUT2D eigenvalue weighted by atomic mass is 19.1. The smallest absolute Gasteiger partial charge is 0.323 e. The lowest BCUT2D eigenvalue weighted by Gasteiger charge is -2.56. The van der Waals surface area contributed by atoms with Gasteiger partial charge in [-0.15, -0.1) is 0 Å². The number of carbonyl (C=O) groups is 4. The molecule has 0 atom stereocenters. The second kappa shape index (κ2) is 23.5. The third-order valence-electron chi connectivity index (χ3n) is 14.4. The maximum absolute atomic E-state index is 14.9. The van der Waals surface area contributed by atoms with Crippen molar-refractivity contribution >= 4 is 24.3 Å². The Hall–Kier alpha value is -4.22. The largest absolute Gasteiger partial charge is 0.493 e. The van der Waals surface area contributed by atoms with Crippen LogP contribution in [0.1, 0.15) is 194 Å². The molecule has 8 fully saturated rings. The van der Waals surface area contributed by atoms with E-state index in [1.165, 1.54) is 89.8 Å². The lowest BCUT2D eigenvalue weighted by molar-refractivity contribution is -0.137. The van der Waals surface area contributed by atoms with Gasteiger partial charge in [-0.25, -0.2) is 8.78 Å². The van der Waals surface area contributed by atoms with Crippen LogP contribution in [0.3, 0.4) is 0 Å². The van der Waals surface area contributed by atoms with E-state index in [0.29, 0.717) is 47.9 Å². The molecular formula is C53H78F2N2O8. The number of hydrogen-bond donors (Lipinski definition) is 2. The van der Waals surface area contributed by atoms with Gasteiger partial charge >= 0.3 is 5.97 Å². The summed E-state index contributed by atoms with van der Waals surface area (Å²) in [5.41, 5.74) is 2.78. The Morgan fingerprint density at radius 3 is 1.69 bits per heavy atom. The number of ether oxygens (including phenoxy) is 2. The predicted molar refractivity (Wildman–Crippen MR) is 250 cm³/mol. The monoisotopic (exact) mass is 909 g/mol. The molecule has 2 aromatic carbocycles. The molecule has 12 heteroatoms. The van der Waals surface area contributed by atoms with E-state index in [1.54, 1.807) is 17.0 Å². The number of carboxylic acids is 1. The van der Waals surface area contributed by atoms with Gasteiger partial charge < -0.3 is 29.5 Å². The van der Waals surface area contributed by atoms with Crippen molar-refractivity contribution in [1.29, 1.82) is 0 Å². The molecule has 8 aliphatic rings. The summed E-state index contributed by atoms with van der Waals surface area (Å²) in [6, 6.07) is 6.22. The van der Waals surface area contributed by atoms with Gasteiger partial charge in [0.05, 0.1) is 24.3 Å². The molecule has 7 saturated carbocycles. The highest BCUT2D eigenvalue weighted by Crippen LogP contribution is 2.60. The topological polar surface area (TPSA) is 134 Å². The molecule has 1 aliphatic heterocycles. The fourth-order valence-electron chi connectivity index (χ4n) is 11.2. The molecule has 65 heavy (non-hydrogen) atoms. The third-order valence-corrected chi connectivity index (χ3v) is 14.4. The first-order valence-electron chi connectivity index (χ1n) is 24.8. The highest BCUT2D eigenvalue weighted by molar-refractivity contribution is 5.96. The molecule has 0 unspecified atom stereocenters. The number of hydrogen-bond acceptors (Lipinski definition) is 6. The molecule has 2 aromatic rings. The van der Waals surface area contributed by atoms with Gasteiger partial charge in [0, 0.05) is 37.7 Å². The van der Waals surface area contributed by atoms with Crippen LogP contribution in [0, 0.1) is 46.1 Å². The summed E-state index contributed by atoms with van der Waals surface area (Å²) in [4.78, 5) is 47.3. The Bertz CT molecular complexity index is 1880. The van der Waals surface area contributed by atoms with E-state index in [1.807, 2.05) is 13.8 Å². The molecule has 2 amide bonds. The summed E-state index contributed by atoms with van der Waals surface area (Å²) in [6.45, 7) is 15.0. The van der Waals surface area contributed by atoms with E-state index in [9.17, 15) is 23.2 Å². The summed E-state index contributed by atoms with van der Waals surface area (Å²) in [6.07, 6.45) is 20.2. The lowest BCUT2D eigenvalue weighted by atomic mass is 9.50. The van der Waals surface area contributed by atoms with Crippen LogP contribution in [0.4, 0.5) is 8.78 Å². The van der Waals surface area contributed by atoms with E-state index in [-0.39, 0.29) is 28.9 Å². The van der Waals surface area contributed by atoms with Crippen LogP contribution >= 0.6 is 0 Å². The molecule has 10 nitrogen and oxygen atoms in total. The second-order valence-electron chi connectivity index (χ2n) is 20.8. The Kier molecular flexibility index (Phi) is 18.7. The minimum atomic E-state index is -1.12. The minimum absolute atomic E-state index is 0.0668. The van der Waals surface area contributed by atoms with Crippen LogP contribution in [0.2, 0.25) is 0 Å². The fourth-order valence-corrected chi connectivity index (χ4v) is 11.2. The summed E-state index contributed by atoms with van der Waals surface area (Å²) < 4.78 is 42.1. The molecule has 0 spiro atoms. The molecule has 10 rings (SSSR count). The van der Waals surface area contributed by atoms with Crippen molar-refractivity contribution < 1.29 is 47.6 Å². The molecule has 2 N–H and O–H groups in total. The van der Waals surface area contributed by atoms with E-state index in [4.69, 9.17) is 24.5 Å². The van der Waals surface area contributed by atoms with Crippen molar-refractivity contribution in [2.75, 3.05) is 39.9 Å². The van der Waals surface area contributed by atoms with Crippen molar-refractivity contribution in [3.8, 4) is 11.5 Å².